The first-order valence-corrected chi connectivity index (χ1v) is 7.09. The lowest BCUT2D eigenvalue weighted by atomic mass is 10.2. The van der Waals surface area contributed by atoms with Crippen molar-refractivity contribution in [3.8, 4) is 0 Å². The number of hydrogen-bond acceptors (Lipinski definition) is 4. The summed E-state index contributed by atoms with van der Waals surface area (Å²) in [6.45, 7) is 2.90. The van der Waals surface area contributed by atoms with Crippen LogP contribution >= 0.6 is 11.3 Å². The number of ether oxygens (including phenoxy) is 1. The predicted molar refractivity (Wildman–Crippen MR) is 71.8 cm³/mol. The molecule has 0 radical (unpaired) electrons. The van der Waals surface area contributed by atoms with Gasteiger partial charge in [-0.05, 0) is 31.2 Å². The third kappa shape index (κ3) is 5.82. The molecule has 5 heteroatoms. The van der Waals surface area contributed by atoms with Crippen molar-refractivity contribution >= 4 is 23.2 Å². The molecule has 0 saturated heterocycles. The lowest BCUT2D eigenvalue weighted by molar-refractivity contribution is -0.143. The van der Waals surface area contributed by atoms with E-state index in [1.807, 2.05) is 11.4 Å². The third-order valence-electron chi connectivity index (χ3n) is 2.39. The molecule has 1 amide bonds. The molecule has 0 saturated carbocycles. The minimum absolute atomic E-state index is 0.0182. The van der Waals surface area contributed by atoms with Gasteiger partial charge in [0.2, 0.25) is 0 Å². The molecule has 1 heterocycles. The first-order valence-electron chi connectivity index (χ1n) is 6.21. The first kappa shape index (κ1) is 14.7. The number of amides is 1. The van der Waals surface area contributed by atoms with Crippen molar-refractivity contribution in [2.24, 2.45) is 0 Å². The molecule has 18 heavy (non-hydrogen) atoms. The zero-order valence-corrected chi connectivity index (χ0v) is 11.4. The van der Waals surface area contributed by atoms with Crippen LogP contribution < -0.4 is 5.32 Å². The van der Waals surface area contributed by atoms with E-state index in [4.69, 9.17) is 4.74 Å². The van der Waals surface area contributed by atoms with E-state index < -0.39 is 0 Å². The molecule has 0 unspecified atom stereocenters. The highest BCUT2D eigenvalue weighted by Gasteiger charge is 2.05. The number of hydrogen-bond donors (Lipinski definition) is 1. The van der Waals surface area contributed by atoms with E-state index in [9.17, 15) is 9.59 Å². The van der Waals surface area contributed by atoms with E-state index in [0.29, 0.717) is 19.6 Å². The Kier molecular flexibility index (Phi) is 7.10. The van der Waals surface area contributed by atoms with Gasteiger partial charge in [0.1, 0.15) is 0 Å². The monoisotopic (exact) mass is 269 g/mol. The molecule has 100 valence electrons. The van der Waals surface area contributed by atoms with E-state index in [1.54, 1.807) is 13.0 Å². The molecule has 0 bridgehead atoms. The summed E-state index contributed by atoms with van der Waals surface area (Å²) >= 11 is 1.44. The fourth-order valence-corrected chi connectivity index (χ4v) is 2.14. The van der Waals surface area contributed by atoms with E-state index >= 15 is 0 Å². The molecule has 0 aromatic carbocycles. The molecule has 0 aliphatic heterocycles. The van der Waals surface area contributed by atoms with Crippen molar-refractivity contribution in [3.05, 3.63) is 22.4 Å². The lowest BCUT2D eigenvalue weighted by Gasteiger charge is -2.04. The van der Waals surface area contributed by atoms with Gasteiger partial charge in [0.25, 0.3) is 5.91 Å². The van der Waals surface area contributed by atoms with Crippen LogP contribution in [0, 0.1) is 0 Å². The molecular formula is C13H19NO3S. The number of nitrogens with one attached hydrogen (secondary N) is 1. The second-order valence-corrected chi connectivity index (χ2v) is 4.80. The zero-order chi connectivity index (χ0) is 13.2. The van der Waals surface area contributed by atoms with Gasteiger partial charge < -0.3 is 10.1 Å². The summed E-state index contributed by atoms with van der Waals surface area (Å²) in [7, 11) is 0. The zero-order valence-electron chi connectivity index (χ0n) is 10.6. The normalized spacial score (nSPS) is 10.1. The van der Waals surface area contributed by atoms with E-state index in [-0.39, 0.29) is 11.9 Å². The number of carbonyl (C=O) groups is 2. The van der Waals surface area contributed by atoms with Crippen LogP contribution in [0.5, 0.6) is 0 Å². The Morgan fingerprint density at radius 1 is 1.33 bits per heavy atom. The van der Waals surface area contributed by atoms with Crippen LogP contribution in [0.3, 0.4) is 0 Å². The number of esters is 1. The second-order valence-electron chi connectivity index (χ2n) is 3.85. The maximum atomic E-state index is 11.6. The molecule has 0 aliphatic carbocycles. The van der Waals surface area contributed by atoms with E-state index in [0.717, 1.165) is 24.1 Å². The Hall–Kier alpha value is -1.36. The van der Waals surface area contributed by atoms with Gasteiger partial charge in [-0.15, -0.1) is 11.3 Å². The number of carbonyl (C=O) groups excluding carboxylic acids is 2. The van der Waals surface area contributed by atoms with Gasteiger partial charge in [-0.25, -0.2) is 0 Å². The van der Waals surface area contributed by atoms with Gasteiger partial charge >= 0.3 is 5.97 Å². The number of rotatable bonds is 8. The van der Waals surface area contributed by atoms with Crippen LogP contribution in [0.1, 0.15) is 42.3 Å². The first-order chi connectivity index (χ1) is 8.74. The van der Waals surface area contributed by atoms with Crippen LogP contribution in [-0.2, 0) is 9.53 Å². The van der Waals surface area contributed by atoms with Gasteiger partial charge in [-0.3, -0.25) is 9.59 Å². The van der Waals surface area contributed by atoms with Crippen molar-refractivity contribution in [2.75, 3.05) is 13.2 Å². The van der Waals surface area contributed by atoms with Crippen molar-refractivity contribution in [1.29, 1.82) is 0 Å². The highest BCUT2D eigenvalue weighted by molar-refractivity contribution is 7.12. The summed E-state index contributed by atoms with van der Waals surface area (Å²) in [6, 6.07) is 3.67. The van der Waals surface area contributed by atoms with Crippen LogP contribution in [0.4, 0.5) is 0 Å². The predicted octanol–water partition coefficient (Wildman–Crippen LogP) is 2.60. The molecular weight excluding hydrogens is 250 g/mol. The lowest BCUT2D eigenvalue weighted by Crippen LogP contribution is -2.23. The minimum atomic E-state index is -0.139. The second kappa shape index (κ2) is 8.69. The topological polar surface area (TPSA) is 55.4 Å². The van der Waals surface area contributed by atoms with Crippen molar-refractivity contribution in [3.63, 3.8) is 0 Å². The minimum Gasteiger partial charge on any atom is -0.466 e. The Balaban J connectivity index is 1.99. The van der Waals surface area contributed by atoms with Crippen LogP contribution in [-0.4, -0.2) is 25.0 Å². The maximum Gasteiger partial charge on any atom is 0.305 e. The summed E-state index contributed by atoms with van der Waals surface area (Å²) in [5.74, 6) is -0.157. The highest BCUT2D eigenvalue weighted by Crippen LogP contribution is 2.08. The Labute approximate surface area is 111 Å². The van der Waals surface area contributed by atoms with Gasteiger partial charge in [-0.1, -0.05) is 12.5 Å². The Morgan fingerprint density at radius 2 is 2.17 bits per heavy atom. The summed E-state index contributed by atoms with van der Waals surface area (Å²) < 4.78 is 4.83. The van der Waals surface area contributed by atoms with Crippen molar-refractivity contribution in [2.45, 2.75) is 32.6 Å². The quantitative estimate of drug-likeness (QED) is 0.583. The van der Waals surface area contributed by atoms with E-state index in [2.05, 4.69) is 5.32 Å². The standard InChI is InChI=1S/C13H19NO3S/c1-2-17-12(15)8-4-3-5-9-14-13(16)11-7-6-10-18-11/h6-7,10H,2-5,8-9H2,1H3,(H,14,16). The van der Waals surface area contributed by atoms with Crippen molar-refractivity contribution < 1.29 is 14.3 Å². The Bertz CT molecular complexity index is 362. The number of thiophene rings is 1. The van der Waals surface area contributed by atoms with Crippen LogP contribution in [0.15, 0.2) is 17.5 Å². The Morgan fingerprint density at radius 3 is 2.83 bits per heavy atom. The van der Waals surface area contributed by atoms with E-state index in [1.165, 1.54) is 11.3 Å². The van der Waals surface area contributed by atoms with Gasteiger partial charge in [0, 0.05) is 13.0 Å². The molecule has 0 spiro atoms. The molecule has 1 aromatic rings. The fourth-order valence-electron chi connectivity index (χ4n) is 1.50. The van der Waals surface area contributed by atoms with Gasteiger partial charge in [0.05, 0.1) is 11.5 Å². The summed E-state index contributed by atoms with van der Waals surface area (Å²) in [5, 5.41) is 4.74. The maximum absolute atomic E-state index is 11.6. The molecule has 1 aromatic heterocycles. The smallest absolute Gasteiger partial charge is 0.305 e. The summed E-state index contributed by atoms with van der Waals surface area (Å²) in [5.41, 5.74) is 0. The molecule has 0 aliphatic rings. The molecule has 1 N–H and O–H groups in total. The third-order valence-corrected chi connectivity index (χ3v) is 3.26. The molecule has 4 nitrogen and oxygen atoms in total. The van der Waals surface area contributed by atoms with Crippen LogP contribution in [0.2, 0.25) is 0 Å². The van der Waals surface area contributed by atoms with Gasteiger partial charge in [-0.2, -0.15) is 0 Å². The SMILES string of the molecule is CCOC(=O)CCCCCNC(=O)c1cccs1. The van der Waals surface area contributed by atoms with Gasteiger partial charge in [0.15, 0.2) is 0 Å². The summed E-state index contributed by atoms with van der Waals surface area (Å²) in [4.78, 5) is 23.3. The highest BCUT2D eigenvalue weighted by atomic mass is 32.1. The average Bonchev–Trinajstić information content (AvgIpc) is 2.87. The largest absolute Gasteiger partial charge is 0.466 e. The van der Waals surface area contributed by atoms with Crippen LogP contribution in [0.25, 0.3) is 0 Å². The molecule has 0 atom stereocenters. The summed E-state index contributed by atoms with van der Waals surface area (Å²) in [6.07, 6.45) is 3.08. The number of unbranched alkanes of at least 4 members (excludes halogenated alkanes) is 2. The average molecular weight is 269 g/mol. The molecule has 0 fully saturated rings. The fraction of sp³-hybridized carbons (Fsp3) is 0.538. The molecule has 1 rings (SSSR count). The van der Waals surface area contributed by atoms with Crippen molar-refractivity contribution in [1.82, 2.24) is 5.32 Å².